The van der Waals surface area contributed by atoms with Crippen LogP contribution in [0.5, 0.6) is 5.75 Å². The summed E-state index contributed by atoms with van der Waals surface area (Å²) in [5.41, 5.74) is 4.20. The lowest BCUT2D eigenvalue weighted by molar-refractivity contribution is 0.475. The molecule has 0 amide bonds. The van der Waals surface area contributed by atoms with Crippen molar-refractivity contribution in [3.63, 3.8) is 0 Å². The highest BCUT2D eigenvalue weighted by Gasteiger charge is 2.17. The van der Waals surface area contributed by atoms with Gasteiger partial charge in [-0.05, 0) is 56.3 Å². The van der Waals surface area contributed by atoms with Gasteiger partial charge in [-0.1, -0.05) is 12.1 Å². The summed E-state index contributed by atoms with van der Waals surface area (Å²) in [6.45, 7) is 4.25. The Kier molecular flexibility index (Phi) is 3.20. The number of thiophene rings is 1. The first-order valence-corrected chi connectivity index (χ1v) is 8.29. The van der Waals surface area contributed by atoms with Crippen LogP contribution in [0.3, 0.4) is 0 Å². The molecule has 0 unspecified atom stereocenters. The topological polar surface area (TPSA) is 38.0 Å². The van der Waals surface area contributed by atoms with Crippen molar-refractivity contribution in [3.8, 4) is 22.8 Å². The Labute approximate surface area is 138 Å². The molecule has 0 saturated carbocycles. The van der Waals surface area contributed by atoms with E-state index in [4.69, 9.17) is 4.98 Å². The Morgan fingerprint density at radius 2 is 1.74 bits per heavy atom. The van der Waals surface area contributed by atoms with E-state index >= 15 is 0 Å². The number of imidazole rings is 1. The van der Waals surface area contributed by atoms with E-state index in [1.54, 1.807) is 23.5 Å². The Balaban J connectivity index is 2.06. The van der Waals surface area contributed by atoms with Crippen LogP contribution < -0.4 is 0 Å². The van der Waals surface area contributed by atoms with Gasteiger partial charge in [0.15, 0.2) is 0 Å². The molecule has 0 atom stereocenters. The van der Waals surface area contributed by atoms with Crippen molar-refractivity contribution in [1.82, 2.24) is 9.55 Å². The van der Waals surface area contributed by atoms with Gasteiger partial charge < -0.3 is 5.11 Å². The second-order valence-corrected chi connectivity index (χ2v) is 7.06. The highest BCUT2D eigenvalue weighted by molar-refractivity contribution is 7.12. The van der Waals surface area contributed by atoms with Crippen LogP contribution in [0.1, 0.15) is 9.75 Å². The Bertz CT molecular complexity index is 996. The van der Waals surface area contributed by atoms with E-state index < -0.39 is 0 Å². The molecule has 2 aromatic heterocycles. The van der Waals surface area contributed by atoms with Crippen molar-refractivity contribution in [2.45, 2.75) is 13.8 Å². The predicted octanol–water partition coefficient (Wildman–Crippen LogP) is 5.08. The molecule has 2 heterocycles. The van der Waals surface area contributed by atoms with Gasteiger partial charge in [0, 0.05) is 21.0 Å². The van der Waals surface area contributed by atoms with Crippen LogP contribution in [0.25, 0.3) is 28.1 Å². The van der Waals surface area contributed by atoms with Gasteiger partial charge in [0.05, 0.1) is 11.0 Å². The van der Waals surface area contributed by atoms with Crippen LogP contribution in [0.4, 0.5) is 0 Å². The number of rotatable bonds is 2. The highest BCUT2D eigenvalue weighted by Crippen LogP contribution is 2.34. The largest absolute Gasteiger partial charge is 0.508 e. The summed E-state index contributed by atoms with van der Waals surface area (Å²) in [5.74, 6) is 1.21. The number of aromatic nitrogens is 2. The van der Waals surface area contributed by atoms with Gasteiger partial charge in [-0.2, -0.15) is 0 Å². The van der Waals surface area contributed by atoms with E-state index in [2.05, 4.69) is 30.5 Å². The zero-order valence-electron chi connectivity index (χ0n) is 12.9. The fraction of sp³-hybridized carbons (Fsp3) is 0.105. The van der Waals surface area contributed by atoms with E-state index in [-0.39, 0.29) is 5.75 Å². The molecule has 0 aliphatic rings. The number of hydrogen-bond donors (Lipinski definition) is 1. The lowest BCUT2D eigenvalue weighted by atomic mass is 10.2. The standard InChI is InChI=1S/C19H16N2OS/c1-12-11-16(13(2)23-12)19-20-17-5-3-4-6-18(17)21(19)14-7-9-15(22)10-8-14/h3-11,22H,1-2H3. The van der Waals surface area contributed by atoms with E-state index in [0.29, 0.717) is 0 Å². The van der Waals surface area contributed by atoms with Crippen LogP contribution in [-0.2, 0) is 0 Å². The SMILES string of the molecule is Cc1cc(-c2nc3ccccc3n2-c2ccc(O)cc2)c(C)s1. The van der Waals surface area contributed by atoms with Crippen molar-refractivity contribution in [3.05, 3.63) is 64.4 Å². The number of fused-ring (bicyclic) bond motifs is 1. The molecule has 4 aromatic rings. The number of phenolic OH excluding ortho intramolecular Hbond substituents is 1. The maximum Gasteiger partial charge on any atom is 0.146 e. The molecular weight excluding hydrogens is 304 g/mol. The van der Waals surface area contributed by atoms with Gasteiger partial charge >= 0.3 is 0 Å². The summed E-state index contributed by atoms with van der Waals surface area (Å²) >= 11 is 1.79. The van der Waals surface area contributed by atoms with Crippen LogP contribution in [0.15, 0.2) is 54.6 Å². The Morgan fingerprint density at radius 1 is 1.00 bits per heavy atom. The quantitative estimate of drug-likeness (QED) is 0.559. The summed E-state index contributed by atoms with van der Waals surface area (Å²) in [7, 11) is 0. The van der Waals surface area contributed by atoms with Gasteiger partial charge in [0.25, 0.3) is 0 Å². The molecule has 0 spiro atoms. The summed E-state index contributed by atoms with van der Waals surface area (Å²) in [4.78, 5) is 7.40. The third kappa shape index (κ3) is 2.32. The average Bonchev–Trinajstić information content (AvgIpc) is 3.07. The number of para-hydroxylation sites is 2. The summed E-state index contributed by atoms with van der Waals surface area (Å²) in [6, 6.07) is 17.6. The maximum atomic E-state index is 9.58. The van der Waals surface area contributed by atoms with Gasteiger partial charge in [-0.25, -0.2) is 4.98 Å². The Hall–Kier alpha value is -2.59. The van der Waals surface area contributed by atoms with E-state index in [9.17, 15) is 5.11 Å². The molecule has 0 saturated heterocycles. The molecular formula is C19H16N2OS. The fourth-order valence-corrected chi connectivity index (χ4v) is 3.84. The third-order valence-corrected chi connectivity index (χ3v) is 4.92. The number of nitrogens with zero attached hydrogens (tertiary/aromatic N) is 2. The van der Waals surface area contributed by atoms with Crippen molar-refractivity contribution < 1.29 is 5.11 Å². The molecule has 0 radical (unpaired) electrons. The van der Waals surface area contributed by atoms with Crippen LogP contribution in [0, 0.1) is 13.8 Å². The zero-order chi connectivity index (χ0) is 16.0. The molecule has 3 nitrogen and oxygen atoms in total. The number of aryl methyl sites for hydroxylation is 2. The lowest BCUT2D eigenvalue weighted by Crippen LogP contribution is -1.97. The highest BCUT2D eigenvalue weighted by atomic mass is 32.1. The molecule has 4 rings (SSSR count). The van der Waals surface area contributed by atoms with Gasteiger partial charge in [-0.15, -0.1) is 11.3 Å². The van der Waals surface area contributed by atoms with E-state index in [0.717, 1.165) is 28.1 Å². The van der Waals surface area contributed by atoms with Gasteiger partial charge in [0.2, 0.25) is 0 Å². The molecule has 0 fully saturated rings. The predicted molar refractivity (Wildman–Crippen MR) is 95.5 cm³/mol. The molecule has 1 N–H and O–H groups in total. The molecule has 0 aliphatic heterocycles. The first kappa shape index (κ1) is 14.0. The van der Waals surface area contributed by atoms with Gasteiger partial charge in [0.1, 0.15) is 11.6 Å². The number of phenols is 1. The molecule has 2 aromatic carbocycles. The minimum atomic E-state index is 0.266. The van der Waals surface area contributed by atoms with Crippen molar-refractivity contribution in [2.75, 3.05) is 0 Å². The normalized spacial score (nSPS) is 11.2. The smallest absolute Gasteiger partial charge is 0.146 e. The summed E-state index contributed by atoms with van der Waals surface area (Å²) in [6.07, 6.45) is 0. The second-order valence-electron chi connectivity index (χ2n) is 5.60. The number of benzene rings is 2. The summed E-state index contributed by atoms with van der Waals surface area (Å²) in [5, 5.41) is 9.58. The van der Waals surface area contributed by atoms with Crippen LogP contribution >= 0.6 is 11.3 Å². The summed E-state index contributed by atoms with van der Waals surface area (Å²) < 4.78 is 2.16. The van der Waals surface area contributed by atoms with E-state index in [1.807, 2.05) is 30.3 Å². The third-order valence-electron chi connectivity index (χ3n) is 3.95. The minimum absolute atomic E-state index is 0.266. The van der Waals surface area contributed by atoms with Crippen molar-refractivity contribution >= 4 is 22.4 Å². The average molecular weight is 320 g/mol. The first-order valence-electron chi connectivity index (χ1n) is 7.48. The van der Waals surface area contributed by atoms with E-state index in [1.165, 1.54) is 9.75 Å². The number of aromatic hydroxyl groups is 1. The Morgan fingerprint density at radius 3 is 2.43 bits per heavy atom. The number of hydrogen-bond acceptors (Lipinski definition) is 3. The molecule has 23 heavy (non-hydrogen) atoms. The first-order chi connectivity index (χ1) is 11.1. The van der Waals surface area contributed by atoms with Crippen LogP contribution in [0.2, 0.25) is 0 Å². The monoisotopic (exact) mass is 320 g/mol. The van der Waals surface area contributed by atoms with Crippen molar-refractivity contribution in [2.24, 2.45) is 0 Å². The minimum Gasteiger partial charge on any atom is -0.508 e. The molecule has 0 aliphatic carbocycles. The van der Waals surface area contributed by atoms with Crippen molar-refractivity contribution in [1.29, 1.82) is 0 Å². The van der Waals surface area contributed by atoms with Crippen LogP contribution in [-0.4, -0.2) is 14.7 Å². The van der Waals surface area contributed by atoms with Gasteiger partial charge in [-0.3, -0.25) is 4.57 Å². The lowest BCUT2D eigenvalue weighted by Gasteiger charge is -2.09. The zero-order valence-corrected chi connectivity index (χ0v) is 13.8. The molecule has 0 bridgehead atoms. The maximum absolute atomic E-state index is 9.58. The second kappa shape index (κ2) is 5.25. The fourth-order valence-electron chi connectivity index (χ4n) is 2.92. The molecule has 114 valence electrons. The molecule has 4 heteroatoms.